The number of aromatic nitrogens is 1. The number of carbonyl (C=O) groups excluding carboxylic acids is 2. The van der Waals surface area contributed by atoms with Crippen molar-refractivity contribution in [1.82, 2.24) is 10.3 Å². The maximum absolute atomic E-state index is 12.9. The van der Waals surface area contributed by atoms with E-state index in [1.54, 1.807) is 12.1 Å². The number of nitrogens with one attached hydrogen (secondary N) is 2. The highest BCUT2D eigenvalue weighted by Gasteiger charge is 2.57. The lowest BCUT2D eigenvalue weighted by molar-refractivity contribution is -0.285. The molecule has 2 aromatic rings. The minimum Gasteiger partial charge on any atom is -0.464 e. The molecule has 0 unspecified atom stereocenters. The number of hydrogen-bond donors (Lipinski definition) is 6. The van der Waals surface area contributed by atoms with Gasteiger partial charge in [-0.05, 0) is 28.1 Å². The predicted octanol–water partition coefficient (Wildman–Crippen LogP) is 0.200. The van der Waals surface area contributed by atoms with Crippen molar-refractivity contribution < 1.29 is 44.2 Å². The number of H-pyrrole nitrogens is 1. The predicted molar refractivity (Wildman–Crippen MR) is 119 cm³/mol. The molecule has 11 nitrogen and oxygen atoms in total. The number of fused-ring (bicyclic) bond motifs is 1. The van der Waals surface area contributed by atoms with E-state index >= 15 is 0 Å². The smallest absolute Gasteiger partial charge is 0.379 e. The average molecular weight is 552 g/mol. The van der Waals surface area contributed by atoms with Crippen molar-refractivity contribution in [3.63, 3.8) is 0 Å². The van der Waals surface area contributed by atoms with E-state index in [4.69, 9.17) is 25.8 Å². The average Bonchev–Trinajstić information content (AvgIpc) is 3.19. The van der Waals surface area contributed by atoms with Crippen LogP contribution in [0.15, 0.2) is 22.8 Å². The number of amides is 1. The monoisotopic (exact) mass is 550 g/mol. The van der Waals surface area contributed by atoms with Crippen LogP contribution in [0.1, 0.15) is 13.3 Å². The first-order chi connectivity index (χ1) is 15.5. The van der Waals surface area contributed by atoms with Crippen LogP contribution in [-0.4, -0.2) is 87.2 Å². The second kappa shape index (κ2) is 10.1. The highest BCUT2D eigenvalue weighted by atomic mass is 79.9. The lowest BCUT2D eigenvalue weighted by Gasteiger charge is -2.46. The van der Waals surface area contributed by atoms with Crippen LogP contribution in [0.2, 0.25) is 5.02 Å². The van der Waals surface area contributed by atoms with Gasteiger partial charge in [-0.1, -0.05) is 11.6 Å². The number of rotatable bonds is 7. The van der Waals surface area contributed by atoms with Gasteiger partial charge in [0.1, 0.15) is 18.3 Å². The number of aliphatic hydroxyl groups is 4. The van der Waals surface area contributed by atoms with Crippen LogP contribution < -0.4 is 10.1 Å². The molecule has 0 saturated carbocycles. The zero-order valence-electron chi connectivity index (χ0n) is 17.6. The third-order valence-electron chi connectivity index (χ3n) is 5.33. The molecule has 1 aromatic heterocycles. The Balaban J connectivity index is 2.08. The SMILES string of the molecule is COC(=O)[C@@]1(Oc2c[nH]c3ccc(Br)c(Cl)c23)C[C@H](O)[C@@H](NC(C)=O)[C@H]([C@H](O)[C@H](O)CO)O1. The molecule has 0 radical (unpaired) electrons. The first-order valence-corrected chi connectivity index (χ1v) is 11.0. The van der Waals surface area contributed by atoms with Gasteiger partial charge >= 0.3 is 11.8 Å². The first kappa shape index (κ1) is 25.7. The van der Waals surface area contributed by atoms with Crippen LogP contribution in [-0.2, 0) is 19.1 Å². The maximum Gasteiger partial charge on any atom is 0.379 e. The minimum absolute atomic E-state index is 0.0859. The summed E-state index contributed by atoms with van der Waals surface area (Å²) in [5, 5.41) is 43.8. The van der Waals surface area contributed by atoms with Crippen LogP contribution in [0.4, 0.5) is 0 Å². The molecule has 1 fully saturated rings. The summed E-state index contributed by atoms with van der Waals surface area (Å²) in [6.45, 7) is 0.338. The summed E-state index contributed by atoms with van der Waals surface area (Å²) in [6.07, 6.45) is -5.62. The molecule has 6 atom stereocenters. The lowest BCUT2D eigenvalue weighted by Crippen LogP contribution is -2.68. The molecule has 13 heteroatoms. The summed E-state index contributed by atoms with van der Waals surface area (Å²) < 4.78 is 17.2. The van der Waals surface area contributed by atoms with E-state index in [-0.39, 0.29) is 10.8 Å². The quantitative estimate of drug-likeness (QED) is 0.263. The Hall–Kier alpha value is -1.93. The topological polar surface area (TPSA) is 171 Å². The van der Waals surface area contributed by atoms with E-state index in [9.17, 15) is 30.0 Å². The van der Waals surface area contributed by atoms with Crippen molar-refractivity contribution in [3.8, 4) is 5.75 Å². The van der Waals surface area contributed by atoms with Crippen LogP contribution in [0, 0.1) is 0 Å². The molecule has 0 aliphatic carbocycles. The summed E-state index contributed by atoms with van der Waals surface area (Å²) in [5.41, 5.74) is 0.581. The molecular formula is C20H24BrClN2O9. The Labute approximate surface area is 201 Å². The summed E-state index contributed by atoms with van der Waals surface area (Å²) in [6, 6.07) is 2.19. The zero-order valence-corrected chi connectivity index (χ0v) is 20.0. The molecule has 2 heterocycles. The van der Waals surface area contributed by atoms with Crippen LogP contribution in [0.25, 0.3) is 10.9 Å². The van der Waals surface area contributed by atoms with Crippen molar-refractivity contribution >= 4 is 50.3 Å². The van der Waals surface area contributed by atoms with E-state index in [0.29, 0.717) is 15.4 Å². The van der Waals surface area contributed by atoms with Crippen molar-refractivity contribution in [2.75, 3.05) is 13.7 Å². The van der Waals surface area contributed by atoms with Gasteiger partial charge in [0.15, 0.2) is 5.75 Å². The number of benzene rings is 1. The standard InChI is InChI=1S/C20H24BrClN2O9/c1-8(26)24-16-11(27)5-20(19(30)31-2,33-18(16)17(29)12(28)7-25)32-13-6-23-10-4-3-9(21)15(22)14(10)13/h3-4,6,11-12,16-18,23,25,27-29H,5,7H2,1-2H3,(H,24,26)/t11-,12+,16+,17+,18+,20+/m0/s1. The number of hydrogen-bond acceptors (Lipinski definition) is 9. The van der Waals surface area contributed by atoms with E-state index in [1.807, 2.05) is 0 Å². The highest BCUT2D eigenvalue weighted by molar-refractivity contribution is 9.10. The number of carbonyl (C=O) groups is 2. The Morgan fingerprint density at radius 3 is 2.73 bits per heavy atom. The fraction of sp³-hybridized carbons (Fsp3) is 0.500. The lowest BCUT2D eigenvalue weighted by atomic mass is 9.88. The molecule has 0 bridgehead atoms. The largest absolute Gasteiger partial charge is 0.464 e. The molecule has 3 rings (SSSR count). The van der Waals surface area contributed by atoms with Gasteiger partial charge in [-0.25, -0.2) is 4.79 Å². The maximum atomic E-state index is 12.9. The highest BCUT2D eigenvalue weighted by Crippen LogP contribution is 2.41. The van der Waals surface area contributed by atoms with Gasteiger partial charge in [0.05, 0.1) is 48.2 Å². The van der Waals surface area contributed by atoms with Gasteiger partial charge in [-0.15, -0.1) is 0 Å². The molecule has 1 aliphatic heterocycles. The first-order valence-electron chi connectivity index (χ1n) is 9.87. The molecule has 6 N–H and O–H groups in total. The summed E-state index contributed by atoms with van der Waals surface area (Å²) >= 11 is 9.72. The molecular weight excluding hydrogens is 528 g/mol. The molecule has 1 amide bonds. The molecule has 1 aromatic carbocycles. The van der Waals surface area contributed by atoms with Crippen LogP contribution in [0.3, 0.4) is 0 Å². The molecule has 0 spiro atoms. The number of halogens is 2. The van der Waals surface area contributed by atoms with Crippen LogP contribution >= 0.6 is 27.5 Å². The number of ether oxygens (including phenoxy) is 3. The second-order valence-electron chi connectivity index (χ2n) is 7.60. The third-order valence-corrected chi connectivity index (χ3v) is 6.61. The van der Waals surface area contributed by atoms with Gasteiger partial charge < -0.3 is 44.9 Å². The zero-order chi connectivity index (χ0) is 24.5. The number of methoxy groups -OCH3 is 1. The Morgan fingerprint density at radius 2 is 2.12 bits per heavy atom. The van der Waals surface area contributed by atoms with Crippen molar-refractivity contribution in [2.45, 2.75) is 49.6 Å². The van der Waals surface area contributed by atoms with Gasteiger partial charge in [0.2, 0.25) is 5.91 Å². The number of esters is 1. The Kier molecular flexibility index (Phi) is 7.89. The van der Waals surface area contributed by atoms with E-state index in [1.165, 1.54) is 13.1 Å². The van der Waals surface area contributed by atoms with Gasteiger partial charge in [-0.3, -0.25) is 4.79 Å². The second-order valence-corrected chi connectivity index (χ2v) is 8.84. The van der Waals surface area contributed by atoms with E-state index in [0.717, 1.165) is 7.11 Å². The summed E-state index contributed by atoms with van der Waals surface area (Å²) in [7, 11) is 1.08. The van der Waals surface area contributed by atoms with E-state index in [2.05, 4.69) is 26.2 Å². The minimum atomic E-state index is -2.29. The van der Waals surface area contributed by atoms with Crippen molar-refractivity contribution in [1.29, 1.82) is 0 Å². The third kappa shape index (κ3) is 4.97. The normalized spacial score (nSPS) is 27.1. The summed E-state index contributed by atoms with van der Waals surface area (Å²) in [5.74, 6) is -3.80. The molecule has 182 valence electrons. The van der Waals surface area contributed by atoms with E-state index < -0.39 is 61.1 Å². The van der Waals surface area contributed by atoms with Gasteiger partial charge in [0, 0.05) is 17.6 Å². The number of aliphatic hydroxyl groups excluding tert-OH is 4. The Morgan fingerprint density at radius 1 is 1.42 bits per heavy atom. The molecule has 1 aliphatic rings. The number of aromatic amines is 1. The fourth-order valence-electron chi connectivity index (χ4n) is 3.76. The summed E-state index contributed by atoms with van der Waals surface area (Å²) in [4.78, 5) is 27.5. The molecule has 33 heavy (non-hydrogen) atoms. The van der Waals surface area contributed by atoms with Gasteiger partial charge in [0.25, 0.3) is 0 Å². The van der Waals surface area contributed by atoms with Crippen molar-refractivity contribution in [2.24, 2.45) is 0 Å². The Bertz CT molecular complexity index is 1030. The fourth-order valence-corrected chi connectivity index (χ4v) is 4.35. The van der Waals surface area contributed by atoms with Crippen LogP contribution in [0.5, 0.6) is 5.75 Å². The molecule has 1 saturated heterocycles. The van der Waals surface area contributed by atoms with Crippen molar-refractivity contribution in [3.05, 3.63) is 27.8 Å². The van der Waals surface area contributed by atoms with Gasteiger partial charge in [-0.2, -0.15) is 0 Å².